The van der Waals surface area contributed by atoms with Crippen LogP contribution in [0.1, 0.15) is 12.5 Å². The molecule has 1 unspecified atom stereocenters. The number of anilines is 1. The Labute approximate surface area is 142 Å². The molecule has 0 fully saturated rings. The number of benzene rings is 1. The number of carbonyl (C=O) groups is 1. The number of likely N-dealkylation sites (N-methyl/N-ethyl adjacent to an activating group) is 1. The highest BCUT2D eigenvalue weighted by Crippen LogP contribution is 2.36. The summed E-state index contributed by atoms with van der Waals surface area (Å²) in [6.45, 7) is 2.70. The summed E-state index contributed by atoms with van der Waals surface area (Å²) in [5.41, 5.74) is -1.34. The minimum Gasteiger partial charge on any atom is -0.363 e. The van der Waals surface area contributed by atoms with Crippen LogP contribution in [-0.2, 0) is 19.2 Å². The number of hydroxylamine groups is 2. The minimum atomic E-state index is -3.96. The van der Waals surface area contributed by atoms with E-state index in [9.17, 15) is 33.4 Å². The summed E-state index contributed by atoms with van der Waals surface area (Å²) in [6.07, 6.45) is 0.727. The van der Waals surface area contributed by atoms with Crippen LogP contribution >= 0.6 is 0 Å². The predicted molar refractivity (Wildman–Crippen MR) is 86.3 cm³/mol. The van der Waals surface area contributed by atoms with Crippen LogP contribution in [-0.4, -0.2) is 48.6 Å². The Morgan fingerprint density at radius 2 is 1.68 bits per heavy atom. The van der Waals surface area contributed by atoms with E-state index < -0.39 is 49.0 Å². The highest BCUT2D eigenvalue weighted by atomic mass is 32.2. The molecule has 1 aromatic carbocycles. The SMILES string of the molecule is Cc1cc([N+](=O)[O-])c(NC(C)C(=O)N(C)OS(C)(=O)=O)c([N+](=O)[O-])c1. The predicted octanol–water partition coefficient (Wildman–Crippen LogP) is 0.961. The van der Waals surface area contributed by atoms with Crippen molar-refractivity contribution in [2.24, 2.45) is 0 Å². The van der Waals surface area contributed by atoms with E-state index in [-0.39, 0.29) is 0 Å². The van der Waals surface area contributed by atoms with E-state index >= 15 is 0 Å². The van der Waals surface area contributed by atoms with E-state index in [0.717, 1.165) is 25.4 Å². The van der Waals surface area contributed by atoms with E-state index in [0.29, 0.717) is 10.6 Å². The molecule has 0 heterocycles. The largest absolute Gasteiger partial charge is 0.363 e. The molecule has 1 amide bonds. The Kier molecular flexibility index (Phi) is 5.99. The summed E-state index contributed by atoms with van der Waals surface area (Å²) in [5, 5.41) is 25.1. The van der Waals surface area contributed by atoms with Crippen molar-refractivity contribution in [3.63, 3.8) is 0 Å². The van der Waals surface area contributed by atoms with Crippen LogP contribution in [0.3, 0.4) is 0 Å². The molecule has 0 saturated heterocycles. The fourth-order valence-corrected chi connectivity index (χ4v) is 2.45. The molecule has 0 bridgehead atoms. The topological polar surface area (TPSA) is 162 Å². The zero-order valence-electron chi connectivity index (χ0n) is 13.7. The first-order valence-electron chi connectivity index (χ1n) is 6.70. The number of hydrogen-bond donors (Lipinski definition) is 1. The number of nitro groups is 2. The quantitative estimate of drug-likeness (QED) is 0.539. The molecule has 0 aliphatic heterocycles. The molecular formula is C12H16N4O8S. The van der Waals surface area contributed by atoms with Gasteiger partial charge in [0, 0.05) is 19.2 Å². The van der Waals surface area contributed by atoms with Crippen LogP contribution in [0, 0.1) is 27.2 Å². The van der Waals surface area contributed by atoms with Crippen molar-refractivity contribution in [1.82, 2.24) is 5.06 Å². The van der Waals surface area contributed by atoms with Gasteiger partial charge in [-0.3, -0.25) is 25.0 Å². The fourth-order valence-electron chi connectivity index (χ4n) is 1.98. The number of hydrogen-bond acceptors (Lipinski definition) is 9. The third-order valence-corrected chi connectivity index (χ3v) is 3.42. The molecule has 1 rings (SSSR count). The standard InChI is InChI=1S/C12H16N4O8S/c1-7-5-9(15(18)19)11(10(6-7)16(20)21)13-8(2)12(17)14(3)24-25(4,22)23/h5-6,8,13H,1-4H3. The Morgan fingerprint density at radius 1 is 1.24 bits per heavy atom. The summed E-state index contributed by atoms with van der Waals surface area (Å²) in [5.74, 6) is -0.908. The second-order valence-electron chi connectivity index (χ2n) is 5.17. The van der Waals surface area contributed by atoms with Gasteiger partial charge in [0.05, 0.1) is 16.1 Å². The van der Waals surface area contributed by atoms with Gasteiger partial charge in [-0.2, -0.15) is 8.42 Å². The smallest absolute Gasteiger partial charge is 0.299 e. The molecule has 0 radical (unpaired) electrons. The first-order chi connectivity index (χ1) is 11.3. The van der Waals surface area contributed by atoms with Crippen molar-refractivity contribution in [3.8, 4) is 0 Å². The Morgan fingerprint density at radius 3 is 2.04 bits per heavy atom. The van der Waals surface area contributed by atoms with E-state index in [4.69, 9.17) is 0 Å². The van der Waals surface area contributed by atoms with Crippen LogP contribution in [0.25, 0.3) is 0 Å². The minimum absolute atomic E-state index is 0.292. The van der Waals surface area contributed by atoms with Gasteiger partial charge in [0.25, 0.3) is 27.4 Å². The van der Waals surface area contributed by atoms with Gasteiger partial charge < -0.3 is 5.32 Å². The fraction of sp³-hybridized carbons (Fsp3) is 0.417. The number of aryl methyl sites for hydroxylation is 1. The van der Waals surface area contributed by atoms with Gasteiger partial charge in [-0.1, -0.05) is 0 Å². The first kappa shape index (κ1) is 20.2. The normalized spacial score (nSPS) is 12.3. The Hall–Kier alpha value is -2.80. The maximum absolute atomic E-state index is 12.1. The summed E-state index contributed by atoms with van der Waals surface area (Å²) in [4.78, 5) is 32.8. The molecular weight excluding hydrogens is 360 g/mol. The first-order valence-corrected chi connectivity index (χ1v) is 8.52. The molecule has 138 valence electrons. The number of nitrogens with one attached hydrogen (secondary N) is 1. The van der Waals surface area contributed by atoms with Crippen molar-refractivity contribution in [3.05, 3.63) is 37.9 Å². The number of nitro benzene ring substituents is 2. The average Bonchev–Trinajstić information content (AvgIpc) is 2.45. The third kappa shape index (κ3) is 5.36. The number of nitrogens with zero attached hydrogens (tertiary/aromatic N) is 3. The van der Waals surface area contributed by atoms with Crippen molar-refractivity contribution in [2.45, 2.75) is 19.9 Å². The highest BCUT2D eigenvalue weighted by Gasteiger charge is 2.30. The molecule has 25 heavy (non-hydrogen) atoms. The lowest BCUT2D eigenvalue weighted by molar-refractivity contribution is -0.392. The maximum atomic E-state index is 12.1. The van der Waals surface area contributed by atoms with Gasteiger partial charge in [0.2, 0.25) is 0 Å². The zero-order valence-corrected chi connectivity index (χ0v) is 14.6. The van der Waals surface area contributed by atoms with Gasteiger partial charge in [-0.15, -0.1) is 4.28 Å². The third-order valence-electron chi connectivity index (χ3n) is 2.92. The maximum Gasteiger partial charge on any atom is 0.299 e. The molecule has 12 nitrogen and oxygen atoms in total. The van der Waals surface area contributed by atoms with Gasteiger partial charge in [-0.25, -0.2) is 5.06 Å². The second-order valence-corrected chi connectivity index (χ2v) is 6.73. The summed E-state index contributed by atoms with van der Waals surface area (Å²) < 4.78 is 26.5. The molecule has 0 aliphatic carbocycles. The van der Waals surface area contributed by atoms with Gasteiger partial charge >= 0.3 is 0 Å². The average molecular weight is 376 g/mol. The molecule has 0 aromatic heterocycles. The molecule has 1 N–H and O–H groups in total. The van der Waals surface area contributed by atoms with Gasteiger partial charge in [0.15, 0.2) is 5.69 Å². The van der Waals surface area contributed by atoms with E-state index in [2.05, 4.69) is 9.60 Å². The van der Waals surface area contributed by atoms with E-state index in [1.54, 1.807) is 0 Å². The van der Waals surface area contributed by atoms with E-state index in [1.807, 2.05) is 0 Å². The van der Waals surface area contributed by atoms with Crippen LogP contribution in [0.15, 0.2) is 12.1 Å². The van der Waals surface area contributed by atoms with Crippen LogP contribution in [0.2, 0.25) is 0 Å². The molecule has 0 aliphatic rings. The summed E-state index contributed by atoms with van der Waals surface area (Å²) in [6, 6.07) is 0.985. The van der Waals surface area contributed by atoms with Crippen LogP contribution < -0.4 is 5.32 Å². The Balaban J connectivity index is 3.22. The summed E-state index contributed by atoms with van der Waals surface area (Å²) >= 11 is 0. The number of amides is 1. The molecule has 1 aromatic rings. The highest BCUT2D eigenvalue weighted by molar-refractivity contribution is 7.85. The monoisotopic (exact) mass is 376 g/mol. The molecule has 1 atom stereocenters. The van der Waals surface area contributed by atoms with Gasteiger partial charge in [-0.05, 0) is 19.4 Å². The molecule has 0 saturated carbocycles. The van der Waals surface area contributed by atoms with Crippen LogP contribution in [0.4, 0.5) is 17.1 Å². The summed E-state index contributed by atoms with van der Waals surface area (Å²) in [7, 11) is -2.94. The molecule has 13 heteroatoms. The van der Waals surface area contributed by atoms with Crippen molar-refractivity contribution < 1.29 is 27.3 Å². The van der Waals surface area contributed by atoms with Crippen molar-refractivity contribution >= 4 is 33.1 Å². The van der Waals surface area contributed by atoms with E-state index in [1.165, 1.54) is 13.8 Å². The lowest BCUT2D eigenvalue weighted by atomic mass is 10.1. The molecule has 0 spiro atoms. The van der Waals surface area contributed by atoms with Crippen molar-refractivity contribution in [2.75, 3.05) is 18.6 Å². The second kappa shape index (κ2) is 7.40. The zero-order chi connectivity index (χ0) is 19.5. The van der Waals surface area contributed by atoms with Crippen molar-refractivity contribution in [1.29, 1.82) is 0 Å². The number of rotatable bonds is 7. The lowest BCUT2D eigenvalue weighted by Gasteiger charge is -2.20. The van der Waals surface area contributed by atoms with Gasteiger partial charge in [0.1, 0.15) is 6.04 Å². The number of carbonyl (C=O) groups excluding carboxylic acids is 1. The lowest BCUT2D eigenvalue weighted by Crippen LogP contribution is -2.40. The van der Waals surface area contributed by atoms with Crippen LogP contribution in [0.5, 0.6) is 0 Å². The Bertz CT molecular complexity index is 787.